The lowest BCUT2D eigenvalue weighted by atomic mass is 10.0. The van der Waals surface area contributed by atoms with Crippen LogP contribution >= 0.6 is 0 Å². The van der Waals surface area contributed by atoms with E-state index < -0.39 is 27.8 Å². The molecule has 4 aromatic rings. The molecule has 0 atom stereocenters. The number of hydrogen-bond donors (Lipinski definition) is 0. The number of aromatic nitrogens is 3. The lowest BCUT2D eigenvalue weighted by molar-refractivity contribution is -0.386. The Morgan fingerprint density at radius 2 is 1.79 bits per heavy atom. The normalized spacial score (nSPS) is 11.2. The molecular formula is C20H14F2N4O3. The van der Waals surface area contributed by atoms with Crippen molar-refractivity contribution in [3.8, 4) is 22.4 Å². The highest BCUT2D eigenvalue weighted by Crippen LogP contribution is 2.34. The Morgan fingerprint density at radius 1 is 1.10 bits per heavy atom. The zero-order valence-corrected chi connectivity index (χ0v) is 15.4. The van der Waals surface area contributed by atoms with Crippen LogP contribution in [0.5, 0.6) is 0 Å². The van der Waals surface area contributed by atoms with Gasteiger partial charge in [-0.1, -0.05) is 30.3 Å². The van der Waals surface area contributed by atoms with E-state index in [4.69, 9.17) is 0 Å². The van der Waals surface area contributed by atoms with Crippen LogP contribution in [-0.2, 0) is 7.05 Å². The van der Waals surface area contributed by atoms with Gasteiger partial charge in [-0.2, -0.15) is 9.61 Å². The Kier molecular flexibility index (Phi) is 4.22. The Balaban J connectivity index is 2.20. The molecule has 0 bridgehead atoms. The summed E-state index contributed by atoms with van der Waals surface area (Å²) in [6.07, 6.45) is 0. The third-order valence-electron chi connectivity index (χ3n) is 4.74. The van der Waals surface area contributed by atoms with Gasteiger partial charge < -0.3 is 4.57 Å². The molecule has 0 fully saturated rings. The topological polar surface area (TPSA) is 82.4 Å². The smallest absolute Gasteiger partial charge is 0.322 e. The van der Waals surface area contributed by atoms with Crippen LogP contribution in [0.2, 0.25) is 0 Å². The first kappa shape index (κ1) is 18.5. The van der Waals surface area contributed by atoms with Gasteiger partial charge in [-0.15, -0.1) is 0 Å². The maximum absolute atomic E-state index is 14.5. The second-order valence-corrected chi connectivity index (χ2v) is 6.50. The minimum absolute atomic E-state index is 0.0433. The van der Waals surface area contributed by atoms with Crippen LogP contribution < -0.4 is 5.56 Å². The Hall–Kier alpha value is -3.88. The fourth-order valence-electron chi connectivity index (χ4n) is 3.53. The monoisotopic (exact) mass is 396 g/mol. The lowest BCUT2D eigenvalue weighted by Crippen LogP contribution is -2.23. The van der Waals surface area contributed by atoms with Crippen LogP contribution in [0.3, 0.4) is 0 Å². The van der Waals surface area contributed by atoms with E-state index in [0.29, 0.717) is 5.56 Å². The molecule has 0 N–H and O–H groups in total. The fraction of sp³-hybridized carbons (Fsp3) is 0.100. The third-order valence-corrected chi connectivity index (χ3v) is 4.74. The van der Waals surface area contributed by atoms with Gasteiger partial charge >= 0.3 is 11.2 Å². The highest BCUT2D eigenvalue weighted by atomic mass is 19.1. The molecule has 7 nitrogen and oxygen atoms in total. The molecule has 4 rings (SSSR count). The molecule has 9 heteroatoms. The van der Waals surface area contributed by atoms with Crippen LogP contribution in [0.1, 0.15) is 5.69 Å². The Labute approximate surface area is 162 Å². The molecule has 0 saturated carbocycles. The average molecular weight is 396 g/mol. The Morgan fingerprint density at radius 3 is 2.41 bits per heavy atom. The van der Waals surface area contributed by atoms with Crippen molar-refractivity contribution in [2.45, 2.75) is 6.92 Å². The van der Waals surface area contributed by atoms with Crippen molar-refractivity contribution in [3.63, 3.8) is 0 Å². The first-order valence-electron chi connectivity index (χ1n) is 8.58. The Bertz CT molecular complexity index is 1340. The van der Waals surface area contributed by atoms with Crippen LogP contribution in [0.4, 0.5) is 14.5 Å². The minimum atomic E-state index is -0.932. The van der Waals surface area contributed by atoms with Crippen molar-refractivity contribution in [3.05, 3.63) is 86.3 Å². The summed E-state index contributed by atoms with van der Waals surface area (Å²) in [5.41, 5.74) is -0.303. The minimum Gasteiger partial charge on any atom is -0.322 e. The summed E-state index contributed by atoms with van der Waals surface area (Å²) in [7, 11) is 1.54. The predicted molar refractivity (Wildman–Crippen MR) is 103 cm³/mol. The van der Waals surface area contributed by atoms with Gasteiger partial charge in [0, 0.05) is 24.2 Å². The van der Waals surface area contributed by atoms with Crippen molar-refractivity contribution >= 4 is 11.3 Å². The highest BCUT2D eigenvalue weighted by Gasteiger charge is 2.30. The standard InChI is InChI=1S/C20H14F2N4O3/c1-11-16(14-9-8-13(21)10-15(14)22)19-24(2)17(12-6-4-3-5-7-12)18(26(28)29)20(27)25(19)23-11/h3-10H,1-2H3. The summed E-state index contributed by atoms with van der Waals surface area (Å²) in [6.45, 7) is 1.55. The molecule has 2 heterocycles. The molecule has 2 aromatic heterocycles. The maximum Gasteiger partial charge on any atom is 0.360 e. The number of nitrogens with zero attached hydrogens (tertiary/aromatic N) is 4. The summed E-state index contributed by atoms with van der Waals surface area (Å²) < 4.78 is 30.2. The van der Waals surface area contributed by atoms with Gasteiger partial charge in [-0.3, -0.25) is 14.9 Å². The first-order valence-corrected chi connectivity index (χ1v) is 8.58. The number of halogens is 2. The second-order valence-electron chi connectivity index (χ2n) is 6.50. The van der Waals surface area contributed by atoms with Crippen LogP contribution in [-0.4, -0.2) is 19.1 Å². The van der Waals surface area contributed by atoms with Crippen molar-refractivity contribution in [2.75, 3.05) is 0 Å². The van der Waals surface area contributed by atoms with E-state index in [2.05, 4.69) is 5.10 Å². The number of rotatable bonds is 3. The summed E-state index contributed by atoms with van der Waals surface area (Å²) in [6, 6.07) is 11.5. The van der Waals surface area contributed by atoms with E-state index in [9.17, 15) is 23.7 Å². The molecule has 0 saturated heterocycles. The molecule has 146 valence electrons. The molecule has 2 aromatic carbocycles. The molecule has 0 amide bonds. The van der Waals surface area contributed by atoms with E-state index in [1.54, 1.807) is 37.3 Å². The van der Waals surface area contributed by atoms with E-state index in [1.165, 1.54) is 17.7 Å². The van der Waals surface area contributed by atoms with Gasteiger partial charge in [0.15, 0.2) is 0 Å². The quantitative estimate of drug-likeness (QED) is 0.389. The summed E-state index contributed by atoms with van der Waals surface area (Å²) in [5.74, 6) is -1.56. The van der Waals surface area contributed by atoms with E-state index >= 15 is 0 Å². The average Bonchev–Trinajstić information content (AvgIpc) is 3.02. The van der Waals surface area contributed by atoms with Gasteiger partial charge in [0.1, 0.15) is 23.0 Å². The van der Waals surface area contributed by atoms with Gasteiger partial charge in [0.05, 0.1) is 16.2 Å². The molecular weight excluding hydrogens is 382 g/mol. The molecule has 0 radical (unpaired) electrons. The van der Waals surface area contributed by atoms with Gasteiger partial charge in [0.2, 0.25) is 0 Å². The highest BCUT2D eigenvalue weighted by molar-refractivity contribution is 5.84. The first-order chi connectivity index (χ1) is 13.8. The fourth-order valence-corrected chi connectivity index (χ4v) is 3.53. The van der Waals surface area contributed by atoms with Gasteiger partial charge in [-0.25, -0.2) is 8.78 Å². The zero-order chi connectivity index (χ0) is 20.9. The number of benzene rings is 2. The van der Waals surface area contributed by atoms with Gasteiger partial charge in [0.25, 0.3) is 0 Å². The van der Waals surface area contributed by atoms with Crippen molar-refractivity contribution in [2.24, 2.45) is 7.05 Å². The molecule has 0 aliphatic heterocycles. The van der Waals surface area contributed by atoms with E-state index in [-0.39, 0.29) is 28.2 Å². The largest absolute Gasteiger partial charge is 0.360 e. The van der Waals surface area contributed by atoms with Crippen LogP contribution in [0.15, 0.2) is 53.3 Å². The van der Waals surface area contributed by atoms with Crippen molar-refractivity contribution in [1.29, 1.82) is 0 Å². The number of aryl methyl sites for hydroxylation is 2. The number of fused-ring (bicyclic) bond motifs is 1. The van der Waals surface area contributed by atoms with Crippen molar-refractivity contribution < 1.29 is 13.7 Å². The summed E-state index contributed by atoms with van der Waals surface area (Å²) in [5, 5.41) is 15.8. The second kappa shape index (κ2) is 6.62. The molecule has 29 heavy (non-hydrogen) atoms. The van der Waals surface area contributed by atoms with Crippen LogP contribution in [0, 0.1) is 28.7 Å². The van der Waals surface area contributed by atoms with E-state index in [0.717, 1.165) is 16.6 Å². The molecule has 0 aliphatic carbocycles. The molecule has 0 unspecified atom stereocenters. The third kappa shape index (κ3) is 2.78. The number of nitro groups is 1. The van der Waals surface area contributed by atoms with E-state index in [1.807, 2.05) is 0 Å². The zero-order valence-electron chi connectivity index (χ0n) is 15.4. The maximum atomic E-state index is 14.5. The van der Waals surface area contributed by atoms with Crippen LogP contribution in [0.25, 0.3) is 28.0 Å². The summed E-state index contributed by atoms with van der Waals surface area (Å²) >= 11 is 0. The summed E-state index contributed by atoms with van der Waals surface area (Å²) in [4.78, 5) is 23.9. The molecule has 0 spiro atoms. The number of hydrogen-bond acceptors (Lipinski definition) is 4. The van der Waals surface area contributed by atoms with Crippen molar-refractivity contribution in [1.82, 2.24) is 14.2 Å². The predicted octanol–water partition coefficient (Wildman–Crippen LogP) is 3.86. The SMILES string of the molecule is Cc1nn2c(=O)c([N+](=O)[O-])c(-c3ccccc3)n(C)c2c1-c1ccc(F)cc1F. The molecule has 0 aliphatic rings. The lowest BCUT2D eigenvalue weighted by Gasteiger charge is -2.13. The van der Waals surface area contributed by atoms with Gasteiger partial charge in [-0.05, 0) is 19.1 Å².